The Labute approximate surface area is 260 Å². The molecule has 1 atom stereocenters. The van der Waals surface area contributed by atoms with Gasteiger partial charge in [0.2, 0.25) is 0 Å². The Morgan fingerprint density at radius 2 is 1.20 bits per heavy atom. The van der Waals surface area contributed by atoms with Crippen LogP contribution in [0.1, 0.15) is 76.8 Å². The number of nitrogens with zero attached hydrogens (tertiary/aromatic N) is 2. The molecule has 4 aromatic carbocycles. The first kappa shape index (κ1) is 29.6. The fraction of sp³-hybridized carbons (Fsp3) is 0.162. The zero-order valence-corrected chi connectivity index (χ0v) is 24.9. The summed E-state index contributed by atoms with van der Waals surface area (Å²) >= 11 is 0. The summed E-state index contributed by atoms with van der Waals surface area (Å²) in [7, 11) is 0. The molecule has 1 unspecified atom stereocenters. The maximum atomic E-state index is 13.5. The number of hydrogen-bond donors (Lipinski definition) is 1. The van der Waals surface area contributed by atoms with Crippen LogP contribution in [0, 0.1) is 5.92 Å². The van der Waals surface area contributed by atoms with Crippen molar-refractivity contribution < 1.29 is 24.0 Å². The maximum absolute atomic E-state index is 13.5. The molecule has 224 valence electrons. The van der Waals surface area contributed by atoms with E-state index in [4.69, 9.17) is 5.73 Å². The number of amides is 4. The van der Waals surface area contributed by atoms with Crippen LogP contribution < -0.4 is 10.6 Å². The Morgan fingerprint density at radius 3 is 1.76 bits per heavy atom. The topological polar surface area (TPSA) is 118 Å². The number of anilines is 1. The molecular formula is C37H31N3O5. The van der Waals surface area contributed by atoms with Gasteiger partial charge in [-0.15, -0.1) is 6.58 Å². The van der Waals surface area contributed by atoms with E-state index in [9.17, 15) is 24.0 Å². The maximum Gasteiger partial charge on any atom is 0.266 e. The van der Waals surface area contributed by atoms with Crippen LogP contribution in [-0.2, 0) is 6.42 Å². The van der Waals surface area contributed by atoms with Crippen LogP contribution in [0.5, 0.6) is 0 Å². The monoisotopic (exact) mass is 597 g/mol. The minimum atomic E-state index is -0.528. The molecule has 0 saturated carbocycles. The molecule has 8 heteroatoms. The second-order valence-corrected chi connectivity index (χ2v) is 11.8. The molecule has 0 fully saturated rings. The van der Waals surface area contributed by atoms with Crippen molar-refractivity contribution in [3.63, 3.8) is 0 Å². The predicted molar refractivity (Wildman–Crippen MR) is 171 cm³/mol. The molecule has 0 aliphatic carbocycles. The first-order valence-corrected chi connectivity index (χ1v) is 14.7. The van der Waals surface area contributed by atoms with Crippen LogP contribution in [0.2, 0.25) is 0 Å². The molecule has 2 aliphatic heterocycles. The van der Waals surface area contributed by atoms with Crippen LogP contribution in [0.4, 0.5) is 5.69 Å². The van der Waals surface area contributed by atoms with Gasteiger partial charge in [-0.2, -0.15) is 0 Å². The summed E-state index contributed by atoms with van der Waals surface area (Å²) < 4.78 is 0. The Balaban J connectivity index is 1.21. The lowest BCUT2D eigenvalue weighted by atomic mass is 9.96. The number of rotatable bonds is 9. The first-order valence-electron chi connectivity index (χ1n) is 14.7. The van der Waals surface area contributed by atoms with Crippen LogP contribution in [0.25, 0.3) is 11.1 Å². The van der Waals surface area contributed by atoms with Crippen molar-refractivity contribution in [1.29, 1.82) is 0 Å². The highest BCUT2D eigenvalue weighted by Crippen LogP contribution is 2.32. The second kappa shape index (κ2) is 11.6. The Hall–Kier alpha value is -5.47. The highest BCUT2D eigenvalue weighted by atomic mass is 16.2. The quantitative estimate of drug-likeness (QED) is 0.150. The van der Waals surface area contributed by atoms with Gasteiger partial charge in [0.05, 0.1) is 27.9 Å². The fourth-order valence-electron chi connectivity index (χ4n) is 5.74. The highest BCUT2D eigenvalue weighted by molar-refractivity contribution is 6.35. The Morgan fingerprint density at radius 1 is 0.711 bits per heavy atom. The van der Waals surface area contributed by atoms with Crippen LogP contribution >= 0.6 is 0 Å². The van der Waals surface area contributed by atoms with Gasteiger partial charge in [-0.3, -0.25) is 28.9 Å². The van der Waals surface area contributed by atoms with Crippen LogP contribution in [-0.4, -0.2) is 46.9 Å². The van der Waals surface area contributed by atoms with E-state index in [2.05, 4.69) is 6.58 Å². The molecule has 2 N–H and O–H groups in total. The zero-order chi connectivity index (χ0) is 32.0. The number of carbonyl (C=O) groups excluding carboxylic acids is 5. The molecule has 0 radical (unpaired) electrons. The summed E-state index contributed by atoms with van der Waals surface area (Å²) in [6, 6.07) is 23.8. The molecule has 45 heavy (non-hydrogen) atoms. The fourth-order valence-corrected chi connectivity index (χ4v) is 5.74. The summed E-state index contributed by atoms with van der Waals surface area (Å²) in [6.45, 7) is 7.84. The standard InChI is InChI=1S/C37H31N3O5/c1-4-27(38)17-22-5-7-23(8-6-22)24-9-13-28(14-10-24)40-36(44)30-16-12-26(19-32(30)37(40)45)33(41)25-11-15-29-31(18-25)35(43)39(34(29)42)20-21(2)3/h4-16,18-19,21,27H,1,17,20,38H2,2-3H3. The van der Waals surface area contributed by atoms with Crippen LogP contribution in [0.3, 0.4) is 0 Å². The Kier molecular flexibility index (Phi) is 7.60. The number of imide groups is 2. The van der Waals surface area contributed by atoms with E-state index in [0.29, 0.717) is 12.1 Å². The summed E-state index contributed by atoms with van der Waals surface area (Å²) in [5, 5.41) is 0. The van der Waals surface area contributed by atoms with Crippen molar-refractivity contribution in [1.82, 2.24) is 4.90 Å². The lowest BCUT2D eigenvalue weighted by Crippen LogP contribution is -2.33. The van der Waals surface area contributed by atoms with Gasteiger partial charge in [-0.05, 0) is 65.4 Å². The summed E-state index contributed by atoms with van der Waals surface area (Å²) in [5.41, 5.74) is 10.5. The number of carbonyl (C=O) groups is 5. The Bertz CT molecular complexity index is 1910. The number of nitrogens with two attached hydrogens (primary N) is 1. The van der Waals surface area contributed by atoms with Crippen molar-refractivity contribution >= 4 is 35.1 Å². The van der Waals surface area contributed by atoms with E-state index in [1.807, 2.05) is 50.2 Å². The summed E-state index contributed by atoms with van der Waals surface area (Å²) in [5.74, 6) is -2.14. The van der Waals surface area contributed by atoms with E-state index < -0.39 is 23.5 Å². The van der Waals surface area contributed by atoms with E-state index in [0.717, 1.165) is 21.6 Å². The van der Waals surface area contributed by atoms with Gasteiger partial charge in [-0.25, -0.2) is 4.90 Å². The third kappa shape index (κ3) is 5.30. The third-order valence-corrected chi connectivity index (χ3v) is 8.12. The molecule has 0 spiro atoms. The van der Waals surface area contributed by atoms with Crippen LogP contribution in [0.15, 0.2) is 97.6 Å². The average Bonchev–Trinajstić information content (AvgIpc) is 3.44. The molecule has 0 aromatic heterocycles. The number of hydrogen-bond acceptors (Lipinski definition) is 6. The lowest BCUT2D eigenvalue weighted by Gasteiger charge is -2.15. The number of benzene rings is 4. The SMILES string of the molecule is C=CC(N)Cc1ccc(-c2ccc(N3C(=O)c4ccc(C(=O)c5ccc6c(c5)C(=O)N(CC(C)C)C6=O)cc4C3=O)cc2)cc1. The largest absolute Gasteiger partial charge is 0.324 e. The van der Waals surface area contributed by atoms with E-state index in [-0.39, 0.29) is 57.8 Å². The molecule has 8 nitrogen and oxygen atoms in total. The molecule has 0 bridgehead atoms. The number of ketones is 1. The highest BCUT2D eigenvalue weighted by Gasteiger charge is 2.38. The molecule has 4 amide bonds. The van der Waals surface area contributed by atoms with E-state index >= 15 is 0 Å². The van der Waals surface area contributed by atoms with Gasteiger partial charge < -0.3 is 5.73 Å². The van der Waals surface area contributed by atoms with Crippen molar-refractivity contribution in [3.8, 4) is 11.1 Å². The molecule has 2 heterocycles. The lowest BCUT2D eigenvalue weighted by molar-refractivity contribution is 0.0635. The minimum absolute atomic E-state index is 0.0997. The molecule has 6 rings (SSSR count). The minimum Gasteiger partial charge on any atom is -0.324 e. The smallest absolute Gasteiger partial charge is 0.266 e. The van der Waals surface area contributed by atoms with Crippen molar-refractivity contribution in [2.24, 2.45) is 11.7 Å². The van der Waals surface area contributed by atoms with Crippen molar-refractivity contribution in [3.05, 3.63) is 137 Å². The summed E-state index contributed by atoms with van der Waals surface area (Å²) in [6.07, 6.45) is 2.41. The van der Waals surface area contributed by atoms with Gasteiger partial charge in [0.1, 0.15) is 0 Å². The van der Waals surface area contributed by atoms with Gasteiger partial charge in [0, 0.05) is 23.7 Å². The van der Waals surface area contributed by atoms with Crippen molar-refractivity contribution in [2.75, 3.05) is 11.4 Å². The molecule has 4 aromatic rings. The van der Waals surface area contributed by atoms with Gasteiger partial charge in [-0.1, -0.05) is 68.5 Å². The number of fused-ring (bicyclic) bond motifs is 2. The molecule has 0 saturated heterocycles. The average molecular weight is 598 g/mol. The molecule has 2 aliphatic rings. The first-order chi connectivity index (χ1) is 21.6. The van der Waals surface area contributed by atoms with Gasteiger partial charge in [0.25, 0.3) is 23.6 Å². The zero-order valence-electron chi connectivity index (χ0n) is 24.9. The van der Waals surface area contributed by atoms with E-state index in [1.54, 1.807) is 18.2 Å². The predicted octanol–water partition coefficient (Wildman–Crippen LogP) is 5.69. The van der Waals surface area contributed by atoms with Crippen molar-refractivity contribution in [2.45, 2.75) is 26.3 Å². The summed E-state index contributed by atoms with van der Waals surface area (Å²) in [4.78, 5) is 68.2. The third-order valence-electron chi connectivity index (χ3n) is 8.12. The second-order valence-electron chi connectivity index (χ2n) is 11.8. The molecular weight excluding hydrogens is 566 g/mol. The normalized spacial score (nSPS) is 14.7. The van der Waals surface area contributed by atoms with Gasteiger partial charge >= 0.3 is 0 Å². The van der Waals surface area contributed by atoms with E-state index in [1.165, 1.54) is 41.3 Å². The van der Waals surface area contributed by atoms with Gasteiger partial charge in [0.15, 0.2) is 5.78 Å².